The number of ether oxygens (including phenoxy) is 1. The molecular formula is C11H21N3O3. The predicted molar refractivity (Wildman–Crippen MR) is 65.7 cm³/mol. The number of hydrogen-bond acceptors (Lipinski definition) is 4. The highest BCUT2D eigenvalue weighted by Crippen LogP contribution is 1.93. The van der Waals surface area contributed by atoms with Gasteiger partial charge in [-0.05, 0) is 6.92 Å². The first-order valence-corrected chi connectivity index (χ1v) is 5.40. The van der Waals surface area contributed by atoms with E-state index >= 15 is 0 Å². The second-order valence-corrected chi connectivity index (χ2v) is 3.71. The van der Waals surface area contributed by atoms with E-state index in [0.717, 1.165) is 0 Å². The molecule has 0 aromatic carbocycles. The summed E-state index contributed by atoms with van der Waals surface area (Å²) in [6.45, 7) is 3.45. The fraction of sp³-hybridized carbons (Fsp3) is 0.636. The highest BCUT2D eigenvalue weighted by molar-refractivity contribution is 5.87. The monoisotopic (exact) mass is 243 g/mol. The Morgan fingerprint density at radius 2 is 1.94 bits per heavy atom. The molecule has 0 aliphatic rings. The van der Waals surface area contributed by atoms with Crippen molar-refractivity contribution in [3.8, 4) is 0 Å². The highest BCUT2D eigenvalue weighted by Gasteiger charge is 2.02. The molecule has 0 aromatic rings. The van der Waals surface area contributed by atoms with Gasteiger partial charge in [-0.25, -0.2) is 9.59 Å². The van der Waals surface area contributed by atoms with Gasteiger partial charge in [0, 0.05) is 39.3 Å². The van der Waals surface area contributed by atoms with Crippen LogP contribution >= 0.6 is 0 Å². The van der Waals surface area contributed by atoms with Crippen molar-refractivity contribution in [2.75, 3.05) is 40.8 Å². The minimum Gasteiger partial charge on any atom is -0.466 e. The van der Waals surface area contributed by atoms with E-state index in [-0.39, 0.29) is 12.0 Å². The predicted octanol–water partition coefficient (Wildman–Crippen LogP) is -0.0335. The van der Waals surface area contributed by atoms with Crippen molar-refractivity contribution in [2.45, 2.75) is 6.92 Å². The van der Waals surface area contributed by atoms with Crippen LogP contribution in [0.2, 0.25) is 0 Å². The Bertz CT molecular complexity index is 288. The number of hydrogen-bond donors (Lipinski definition) is 2. The zero-order valence-electron chi connectivity index (χ0n) is 10.9. The number of nitrogens with zero attached hydrogens (tertiary/aromatic N) is 1. The summed E-state index contributed by atoms with van der Waals surface area (Å²) in [4.78, 5) is 23.6. The van der Waals surface area contributed by atoms with E-state index in [0.29, 0.717) is 25.2 Å². The Morgan fingerprint density at radius 1 is 1.29 bits per heavy atom. The summed E-state index contributed by atoms with van der Waals surface area (Å²) in [5.74, 6) is -0.326. The molecule has 2 amide bonds. The molecule has 0 aliphatic heterocycles. The Kier molecular flexibility index (Phi) is 7.79. The lowest BCUT2D eigenvalue weighted by Gasteiger charge is -2.11. The van der Waals surface area contributed by atoms with E-state index in [9.17, 15) is 9.59 Å². The quantitative estimate of drug-likeness (QED) is 0.390. The maximum absolute atomic E-state index is 11.1. The topological polar surface area (TPSA) is 70.7 Å². The van der Waals surface area contributed by atoms with E-state index in [1.807, 2.05) is 0 Å². The zero-order chi connectivity index (χ0) is 13.3. The van der Waals surface area contributed by atoms with Gasteiger partial charge in [0.25, 0.3) is 0 Å². The Morgan fingerprint density at radius 3 is 2.47 bits per heavy atom. The van der Waals surface area contributed by atoms with Crippen molar-refractivity contribution in [1.29, 1.82) is 0 Å². The normalized spacial score (nSPS) is 10.9. The van der Waals surface area contributed by atoms with Crippen LogP contribution < -0.4 is 10.6 Å². The third-order valence-electron chi connectivity index (χ3n) is 2.04. The average Bonchev–Trinajstić information content (AvgIpc) is 2.31. The van der Waals surface area contributed by atoms with Crippen molar-refractivity contribution in [1.82, 2.24) is 15.5 Å². The number of rotatable bonds is 6. The summed E-state index contributed by atoms with van der Waals surface area (Å²) in [5.41, 5.74) is 0.567. The summed E-state index contributed by atoms with van der Waals surface area (Å²) >= 11 is 0. The largest absolute Gasteiger partial charge is 0.466 e. The van der Waals surface area contributed by atoms with Crippen molar-refractivity contribution < 1.29 is 14.3 Å². The van der Waals surface area contributed by atoms with Crippen LogP contribution in [0.5, 0.6) is 0 Å². The third-order valence-corrected chi connectivity index (χ3v) is 2.04. The van der Waals surface area contributed by atoms with E-state index in [1.54, 1.807) is 27.1 Å². The molecule has 0 aliphatic carbocycles. The van der Waals surface area contributed by atoms with Crippen LogP contribution in [0.4, 0.5) is 4.79 Å². The molecule has 0 rings (SSSR count). The van der Waals surface area contributed by atoms with Crippen LogP contribution in [0.3, 0.4) is 0 Å². The summed E-state index contributed by atoms with van der Waals surface area (Å²) in [6, 6.07) is -0.118. The standard InChI is InChI=1S/C11H21N3O3/c1-9(10(15)17-4)5-6-12-7-8-13-11(16)14(2)3/h5,12H,6-8H2,1-4H3,(H,13,16). The lowest BCUT2D eigenvalue weighted by atomic mass is 10.3. The fourth-order valence-electron chi connectivity index (χ4n) is 0.988. The molecule has 2 N–H and O–H groups in total. The van der Waals surface area contributed by atoms with Gasteiger partial charge >= 0.3 is 12.0 Å². The Hall–Kier alpha value is -1.56. The van der Waals surface area contributed by atoms with Gasteiger partial charge in [-0.15, -0.1) is 0 Å². The van der Waals surface area contributed by atoms with Gasteiger partial charge in [0.2, 0.25) is 0 Å². The van der Waals surface area contributed by atoms with Crippen molar-refractivity contribution in [2.24, 2.45) is 0 Å². The van der Waals surface area contributed by atoms with Crippen molar-refractivity contribution in [3.05, 3.63) is 11.6 Å². The van der Waals surface area contributed by atoms with Crippen molar-refractivity contribution in [3.63, 3.8) is 0 Å². The lowest BCUT2D eigenvalue weighted by Crippen LogP contribution is -2.38. The first kappa shape index (κ1) is 15.4. The zero-order valence-corrected chi connectivity index (χ0v) is 10.9. The number of carbonyl (C=O) groups is 2. The highest BCUT2D eigenvalue weighted by atomic mass is 16.5. The molecule has 6 nitrogen and oxygen atoms in total. The van der Waals surface area contributed by atoms with Gasteiger partial charge in [-0.2, -0.15) is 0 Å². The maximum Gasteiger partial charge on any atom is 0.333 e. The second-order valence-electron chi connectivity index (χ2n) is 3.71. The van der Waals surface area contributed by atoms with Crippen LogP contribution in [-0.4, -0.2) is 57.7 Å². The smallest absolute Gasteiger partial charge is 0.333 e. The summed E-state index contributed by atoms with van der Waals surface area (Å²) in [6.07, 6.45) is 1.75. The molecule has 0 aromatic heterocycles. The lowest BCUT2D eigenvalue weighted by molar-refractivity contribution is -0.136. The van der Waals surface area contributed by atoms with Crippen LogP contribution in [0, 0.1) is 0 Å². The van der Waals surface area contributed by atoms with Gasteiger partial charge in [0.05, 0.1) is 7.11 Å². The molecule has 98 valence electrons. The molecule has 0 spiro atoms. The summed E-state index contributed by atoms with van der Waals surface area (Å²) in [5, 5.41) is 5.79. The Labute approximate surface area is 102 Å². The molecule has 0 unspecified atom stereocenters. The van der Waals surface area contributed by atoms with Gasteiger partial charge in [0.15, 0.2) is 0 Å². The van der Waals surface area contributed by atoms with E-state index in [4.69, 9.17) is 0 Å². The van der Waals surface area contributed by atoms with Crippen molar-refractivity contribution >= 4 is 12.0 Å². The number of methoxy groups -OCH3 is 1. The number of esters is 1. The molecule has 0 fully saturated rings. The maximum atomic E-state index is 11.1. The minimum atomic E-state index is -0.326. The minimum absolute atomic E-state index is 0.118. The third kappa shape index (κ3) is 7.35. The second kappa shape index (κ2) is 8.58. The molecule has 0 saturated heterocycles. The molecule has 0 saturated carbocycles. The molecular weight excluding hydrogens is 222 g/mol. The number of amides is 2. The summed E-state index contributed by atoms with van der Waals surface area (Å²) < 4.78 is 4.55. The first-order chi connectivity index (χ1) is 7.99. The fourth-order valence-corrected chi connectivity index (χ4v) is 0.988. The molecule has 0 atom stereocenters. The summed E-state index contributed by atoms with van der Waals surface area (Å²) in [7, 11) is 4.72. The van der Waals surface area contributed by atoms with Gasteiger partial charge in [-0.1, -0.05) is 6.08 Å². The van der Waals surface area contributed by atoms with Gasteiger partial charge in [-0.3, -0.25) is 0 Å². The molecule has 0 radical (unpaired) electrons. The number of nitrogens with one attached hydrogen (secondary N) is 2. The van der Waals surface area contributed by atoms with Crippen LogP contribution in [0.15, 0.2) is 11.6 Å². The average molecular weight is 243 g/mol. The SMILES string of the molecule is COC(=O)C(C)=CCNCCNC(=O)N(C)C. The van der Waals surface area contributed by atoms with Gasteiger partial charge < -0.3 is 20.3 Å². The van der Waals surface area contributed by atoms with Gasteiger partial charge in [0.1, 0.15) is 0 Å². The number of carbonyl (C=O) groups excluding carboxylic acids is 2. The van der Waals surface area contributed by atoms with Crippen LogP contribution in [0.25, 0.3) is 0 Å². The van der Waals surface area contributed by atoms with E-state index in [2.05, 4.69) is 15.4 Å². The van der Waals surface area contributed by atoms with E-state index in [1.165, 1.54) is 12.0 Å². The molecule has 0 heterocycles. The molecule has 17 heavy (non-hydrogen) atoms. The first-order valence-electron chi connectivity index (χ1n) is 5.40. The number of urea groups is 1. The van der Waals surface area contributed by atoms with Crippen LogP contribution in [0.1, 0.15) is 6.92 Å². The molecule has 6 heteroatoms. The molecule has 0 bridgehead atoms. The van der Waals surface area contributed by atoms with E-state index < -0.39 is 0 Å². The van der Waals surface area contributed by atoms with Crippen LogP contribution in [-0.2, 0) is 9.53 Å². The Balaban J connectivity index is 3.59.